The lowest BCUT2D eigenvalue weighted by Gasteiger charge is -1.99. The smallest absolute Gasteiger partial charge is 0.221 e. The zero-order chi connectivity index (χ0) is 11.1. The lowest BCUT2D eigenvalue weighted by Crippen LogP contribution is -3.00. The summed E-state index contributed by atoms with van der Waals surface area (Å²) < 4.78 is 1.05. The van der Waals surface area contributed by atoms with Crippen LogP contribution < -0.4 is 33.1 Å². The van der Waals surface area contributed by atoms with Gasteiger partial charge in [0.1, 0.15) is 9.58 Å². The number of fused-ring (bicyclic) bond motifs is 2. The molecule has 0 saturated heterocycles. The van der Waals surface area contributed by atoms with Crippen molar-refractivity contribution in [2.75, 3.05) is 5.73 Å². The van der Waals surface area contributed by atoms with E-state index in [0.717, 1.165) is 26.5 Å². The molecule has 0 unspecified atom stereocenters. The summed E-state index contributed by atoms with van der Waals surface area (Å²) in [6.45, 7) is 0. The van der Waals surface area contributed by atoms with Gasteiger partial charge < -0.3 is 22.7 Å². The van der Waals surface area contributed by atoms with Crippen LogP contribution in [0.4, 0.5) is 5.69 Å². The average Bonchev–Trinajstić information content (AvgIpc) is 2.26. The van der Waals surface area contributed by atoms with Crippen LogP contribution in [0.5, 0.6) is 0 Å². The average molecular weight is 309 g/mol. The Balaban J connectivity index is 0.00000108. The third-order valence-electron chi connectivity index (χ3n) is 2.45. The van der Waals surface area contributed by atoms with Crippen molar-refractivity contribution in [3.05, 3.63) is 46.6 Å². The van der Waals surface area contributed by atoms with Gasteiger partial charge in [0.15, 0.2) is 5.43 Å². The molecule has 0 amide bonds. The molecule has 3 N–H and O–H groups in total. The van der Waals surface area contributed by atoms with Crippen molar-refractivity contribution in [3.8, 4) is 10.6 Å². The van der Waals surface area contributed by atoms with Gasteiger partial charge in [-0.05, 0) is 18.2 Å². The molecule has 5 heteroatoms. The number of benzene rings is 2. The number of nitrogens with one attached hydrogen (secondary N) is 1. The van der Waals surface area contributed by atoms with E-state index in [0.29, 0.717) is 0 Å². The quantitative estimate of drug-likeness (QED) is 0.417. The van der Waals surface area contributed by atoms with E-state index in [9.17, 15) is 4.79 Å². The first-order valence-electron chi connectivity index (χ1n) is 4.88. The highest BCUT2D eigenvalue weighted by molar-refractivity contribution is 7.21. The fraction of sp³-hybridized carbons (Fsp3) is 0. The van der Waals surface area contributed by atoms with Gasteiger partial charge in [-0.3, -0.25) is 4.79 Å². The summed E-state index contributed by atoms with van der Waals surface area (Å²) in [6, 6.07) is 10.7. The number of hydrogen-bond donors (Lipinski definition) is 1. The van der Waals surface area contributed by atoms with E-state index in [1.165, 1.54) is 0 Å². The van der Waals surface area contributed by atoms with Crippen molar-refractivity contribution in [2.24, 2.45) is 0 Å². The van der Waals surface area contributed by atoms with Gasteiger partial charge in [0.05, 0.1) is 0 Å². The maximum Gasteiger partial charge on any atom is 0.221 e. The second-order valence-electron chi connectivity index (χ2n) is 3.64. The molecule has 3 nitrogen and oxygen atoms in total. The van der Waals surface area contributed by atoms with Gasteiger partial charge in [-0.25, -0.2) is 4.98 Å². The Hall–Kier alpha value is -1.46. The predicted octanol–water partition coefficient (Wildman–Crippen LogP) is -1.23. The molecule has 0 fully saturated rings. The summed E-state index contributed by atoms with van der Waals surface area (Å²) in [5.74, 6) is 0. The molecule has 0 atom stereocenters. The summed E-state index contributed by atoms with van der Waals surface area (Å²) in [5.41, 5.74) is 8.50. The molecular formula is C12H9BrN2OS. The number of nitrogen functional groups attached to an aromatic ring is 1. The van der Waals surface area contributed by atoms with Crippen LogP contribution in [0.15, 0.2) is 41.2 Å². The van der Waals surface area contributed by atoms with Gasteiger partial charge in [0.2, 0.25) is 11.2 Å². The van der Waals surface area contributed by atoms with Gasteiger partial charge in [-0.1, -0.05) is 0 Å². The van der Waals surface area contributed by atoms with Crippen LogP contribution in [-0.2, 0) is 0 Å². The van der Waals surface area contributed by atoms with Crippen LogP contribution in [0, 0.1) is 0 Å². The van der Waals surface area contributed by atoms with Crippen molar-refractivity contribution in [1.29, 1.82) is 0 Å². The first kappa shape index (κ1) is 12.0. The molecule has 0 spiro atoms. The lowest BCUT2D eigenvalue weighted by molar-refractivity contribution is -0.330. The maximum absolute atomic E-state index is 11.3. The number of hydrogen-bond acceptors (Lipinski definition) is 3. The minimum atomic E-state index is 0. The third kappa shape index (κ3) is 2.16. The number of nitrogens with two attached hydrogens (primary N) is 1. The summed E-state index contributed by atoms with van der Waals surface area (Å²) in [5, 5.41) is 0. The number of aromatic nitrogens is 1. The Morgan fingerprint density at radius 2 is 1.94 bits per heavy atom. The van der Waals surface area contributed by atoms with E-state index < -0.39 is 0 Å². The van der Waals surface area contributed by atoms with Crippen LogP contribution in [0.2, 0.25) is 0 Å². The summed E-state index contributed by atoms with van der Waals surface area (Å²) in [7, 11) is 0. The topological polar surface area (TPSA) is 57.2 Å². The molecule has 3 rings (SSSR count). The van der Waals surface area contributed by atoms with Crippen molar-refractivity contribution in [3.63, 3.8) is 0 Å². The van der Waals surface area contributed by atoms with Crippen molar-refractivity contribution >= 4 is 27.2 Å². The number of aromatic amines is 1. The highest BCUT2D eigenvalue weighted by atomic mass is 79.9. The monoisotopic (exact) mass is 308 g/mol. The summed E-state index contributed by atoms with van der Waals surface area (Å²) in [4.78, 5) is 15.5. The van der Waals surface area contributed by atoms with Gasteiger partial charge in [-0.15, -0.1) is 11.3 Å². The van der Waals surface area contributed by atoms with Gasteiger partial charge in [-0.2, -0.15) is 0 Å². The van der Waals surface area contributed by atoms with Crippen molar-refractivity contribution in [1.82, 2.24) is 0 Å². The fourth-order valence-electron chi connectivity index (χ4n) is 1.68. The maximum atomic E-state index is 11.3. The zero-order valence-corrected chi connectivity index (χ0v) is 11.1. The first-order chi connectivity index (χ1) is 7.72. The Morgan fingerprint density at radius 1 is 1.12 bits per heavy atom. The van der Waals surface area contributed by atoms with E-state index >= 15 is 0 Å². The van der Waals surface area contributed by atoms with E-state index in [4.69, 9.17) is 5.73 Å². The highest BCUT2D eigenvalue weighted by Crippen LogP contribution is 2.27. The lowest BCUT2D eigenvalue weighted by atomic mass is 10.2. The Bertz CT molecular complexity index is 710. The molecule has 1 heterocycles. The normalized spacial score (nSPS) is 10.4. The molecule has 1 aromatic rings. The standard InChI is InChI=1S/C12H8N2OS.BrH/c13-7-1-3-9-11(5-7)16-12-6-8(15)2-4-10(12)14-9;/h1-6H,13H2;1H. The van der Waals surface area contributed by atoms with E-state index in [1.807, 2.05) is 24.3 Å². The zero-order valence-electron chi connectivity index (χ0n) is 8.74. The van der Waals surface area contributed by atoms with Gasteiger partial charge >= 0.3 is 0 Å². The number of halogens is 1. The number of H-pyrrole nitrogens is 1. The third-order valence-corrected chi connectivity index (χ3v) is 3.56. The van der Waals surface area contributed by atoms with E-state index in [1.54, 1.807) is 23.5 Å². The molecule has 1 aliphatic carbocycles. The van der Waals surface area contributed by atoms with Crippen LogP contribution in [-0.4, -0.2) is 0 Å². The Morgan fingerprint density at radius 3 is 2.76 bits per heavy atom. The molecule has 0 aromatic heterocycles. The van der Waals surface area contributed by atoms with E-state index in [2.05, 4.69) is 4.98 Å². The summed E-state index contributed by atoms with van der Waals surface area (Å²) in [6.07, 6.45) is 0. The molecule has 0 bridgehead atoms. The second kappa shape index (κ2) is 4.43. The Labute approximate surface area is 112 Å². The molecule has 1 aliphatic heterocycles. The number of anilines is 1. The molecule has 0 radical (unpaired) electrons. The first-order valence-corrected chi connectivity index (χ1v) is 5.69. The number of rotatable bonds is 0. The minimum absolute atomic E-state index is 0. The molecular weight excluding hydrogens is 300 g/mol. The van der Waals surface area contributed by atoms with Gasteiger partial charge in [0.25, 0.3) is 0 Å². The van der Waals surface area contributed by atoms with Crippen LogP contribution in [0.25, 0.3) is 20.8 Å². The van der Waals surface area contributed by atoms with Crippen molar-refractivity contribution < 1.29 is 22.0 Å². The predicted molar refractivity (Wildman–Crippen MR) is 65.7 cm³/mol. The molecule has 2 aliphatic rings. The molecule has 86 valence electrons. The summed E-state index contributed by atoms with van der Waals surface area (Å²) >= 11 is 1.57. The SMILES string of the molecule is Nc1ccc2[nH+]c3ccc(=O)cc-3sc2c1.[Br-]. The van der Waals surface area contributed by atoms with E-state index in [-0.39, 0.29) is 22.4 Å². The van der Waals surface area contributed by atoms with Crippen LogP contribution >= 0.6 is 11.3 Å². The Kier molecular flexibility index (Phi) is 3.13. The molecule has 1 aromatic carbocycles. The fourth-order valence-corrected chi connectivity index (χ4v) is 2.75. The molecule has 17 heavy (non-hydrogen) atoms. The largest absolute Gasteiger partial charge is 1.00 e. The second-order valence-corrected chi connectivity index (χ2v) is 4.72. The van der Waals surface area contributed by atoms with Crippen molar-refractivity contribution in [2.45, 2.75) is 0 Å². The van der Waals surface area contributed by atoms with Crippen LogP contribution in [0.1, 0.15) is 0 Å². The minimum Gasteiger partial charge on any atom is -1.00 e. The van der Waals surface area contributed by atoms with Crippen LogP contribution in [0.3, 0.4) is 0 Å². The van der Waals surface area contributed by atoms with Gasteiger partial charge in [0, 0.05) is 23.9 Å². The molecule has 0 saturated carbocycles. The highest BCUT2D eigenvalue weighted by Gasteiger charge is 2.13.